The Kier molecular flexibility index (Phi) is 7.42. The first-order valence-corrected chi connectivity index (χ1v) is 10.3. The fraction of sp³-hybridized carbons (Fsp3) is 0.409. The zero-order valence-electron chi connectivity index (χ0n) is 18.1. The fourth-order valence-electron chi connectivity index (χ4n) is 3.44. The van der Waals surface area contributed by atoms with Crippen LogP contribution < -0.4 is 9.47 Å². The molecule has 8 nitrogen and oxygen atoms in total. The van der Waals surface area contributed by atoms with Gasteiger partial charge in [0.2, 0.25) is 5.91 Å². The second-order valence-electron chi connectivity index (χ2n) is 7.90. The summed E-state index contributed by atoms with van der Waals surface area (Å²) in [6.45, 7) is 4.04. The first-order chi connectivity index (χ1) is 15.5. The van der Waals surface area contributed by atoms with E-state index in [0.29, 0.717) is 10.3 Å². The van der Waals surface area contributed by atoms with Crippen molar-refractivity contribution in [3.8, 4) is 5.75 Å². The molecule has 1 aliphatic rings. The summed E-state index contributed by atoms with van der Waals surface area (Å²) in [6, 6.07) is 7.93. The van der Waals surface area contributed by atoms with Gasteiger partial charge in [-0.25, -0.2) is 0 Å². The number of alkyl halides is 3. The maximum atomic E-state index is 12.9. The van der Waals surface area contributed by atoms with Crippen LogP contribution in [-0.2, 0) is 16.1 Å². The Bertz CT molecular complexity index is 965. The molecule has 2 amide bonds. The largest absolute Gasteiger partial charge is 0.619 e. The van der Waals surface area contributed by atoms with E-state index >= 15 is 0 Å². The van der Waals surface area contributed by atoms with Gasteiger partial charge in [-0.3, -0.25) is 9.59 Å². The van der Waals surface area contributed by atoms with Crippen LogP contribution in [0.1, 0.15) is 29.8 Å². The lowest BCUT2D eigenvalue weighted by atomic mass is 10.2. The van der Waals surface area contributed by atoms with E-state index in [1.165, 1.54) is 53.7 Å². The van der Waals surface area contributed by atoms with E-state index in [9.17, 15) is 28.0 Å². The van der Waals surface area contributed by atoms with Gasteiger partial charge in [-0.05, 0) is 31.5 Å². The summed E-state index contributed by atoms with van der Waals surface area (Å²) in [5, 5.41) is 11.3. The smallest absolute Gasteiger partial charge is 0.573 e. The maximum absolute atomic E-state index is 12.9. The highest BCUT2D eigenvalue weighted by Gasteiger charge is 2.33. The molecule has 2 heterocycles. The number of hydrogen-bond donors (Lipinski definition) is 0. The highest BCUT2D eigenvalue weighted by atomic mass is 19.4. The van der Waals surface area contributed by atoms with Gasteiger partial charge in [-0.15, -0.1) is 13.2 Å². The Hall–Kier alpha value is -3.34. The van der Waals surface area contributed by atoms with E-state index in [-0.39, 0.29) is 49.5 Å². The number of carbonyl (C=O) groups is 2. The summed E-state index contributed by atoms with van der Waals surface area (Å²) in [7, 11) is 0. The Morgan fingerprint density at radius 2 is 1.79 bits per heavy atom. The Morgan fingerprint density at radius 1 is 1.15 bits per heavy atom. The fourth-order valence-corrected chi connectivity index (χ4v) is 3.44. The van der Waals surface area contributed by atoms with Crippen molar-refractivity contribution in [2.24, 2.45) is 0 Å². The van der Waals surface area contributed by atoms with Crippen molar-refractivity contribution in [2.45, 2.75) is 39.0 Å². The molecule has 1 saturated heterocycles. The lowest BCUT2D eigenvalue weighted by Crippen LogP contribution is -2.42. The number of aromatic nitrogens is 1. The quantitative estimate of drug-likeness (QED) is 0.482. The molecule has 2 aromatic rings. The predicted octanol–water partition coefficient (Wildman–Crippen LogP) is 2.50. The number of pyridine rings is 1. The first-order valence-electron chi connectivity index (χ1n) is 10.3. The summed E-state index contributed by atoms with van der Waals surface area (Å²) in [5.41, 5.74) is 0.879. The number of benzene rings is 1. The molecule has 0 aliphatic carbocycles. The standard InChI is InChI=1S/C22H24F3N3O5/c1-15(2)28-12-19(32-14-16-3-5-18(6-4-16)33-22(23,24)25)11-26(13-20(28)29)21(30)17-7-9-27(31)10-8-17/h3-10,15,19H,11-14H2,1-2H3/t19-/m1/s1. The Morgan fingerprint density at radius 3 is 2.36 bits per heavy atom. The van der Waals surface area contributed by atoms with E-state index < -0.39 is 18.4 Å². The summed E-state index contributed by atoms with van der Waals surface area (Å²) >= 11 is 0. The van der Waals surface area contributed by atoms with Crippen LogP contribution in [0.5, 0.6) is 5.75 Å². The predicted molar refractivity (Wildman–Crippen MR) is 110 cm³/mol. The molecule has 11 heteroatoms. The van der Waals surface area contributed by atoms with Crippen LogP contribution in [0.25, 0.3) is 0 Å². The molecule has 3 rings (SSSR count). The highest BCUT2D eigenvalue weighted by molar-refractivity contribution is 5.96. The SMILES string of the molecule is CC(C)N1C[C@H](OCc2ccc(OC(F)(F)F)cc2)CN(C(=O)c2cc[n+]([O-])cc2)CC1=O. The second kappa shape index (κ2) is 10.1. The number of halogens is 3. The van der Waals surface area contributed by atoms with Crippen molar-refractivity contribution < 1.29 is 37.0 Å². The summed E-state index contributed by atoms with van der Waals surface area (Å²) in [5.74, 6) is -0.971. The molecule has 0 radical (unpaired) electrons. The van der Waals surface area contributed by atoms with Gasteiger partial charge in [-0.1, -0.05) is 12.1 Å². The van der Waals surface area contributed by atoms with Gasteiger partial charge in [0.15, 0.2) is 12.4 Å². The topological polar surface area (TPSA) is 86.0 Å². The number of rotatable bonds is 6. The van der Waals surface area contributed by atoms with Crippen molar-refractivity contribution in [2.75, 3.05) is 19.6 Å². The summed E-state index contributed by atoms with van der Waals surface area (Å²) < 4.78 is 47.3. The average Bonchev–Trinajstić information content (AvgIpc) is 2.91. The molecule has 1 fully saturated rings. The average molecular weight is 467 g/mol. The Labute approximate surface area is 188 Å². The molecule has 0 spiro atoms. The van der Waals surface area contributed by atoms with Gasteiger partial charge < -0.3 is 24.5 Å². The highest BCUT2D eigenvalue weighted by Crippen LogP contribution is 2.23. The van der Waals surface area contributed by atoms with Crippen LogP contribution in [0.15, 0.2) is 48.8 Å². The zero-order chi connectivity index (χ0) is 24.2. The van der Waals surface area contributed by atoms with Crippen LogP contribution in [0, 0.1) is 5.21 Å². The van der Waals surface area contributed by atoms with E-state index in [0.717, 1.165) is 0 Å². The molecule has 0 unspecified atom stereocenters. The second-order valence-corrected chi connectivity index (χ2v) is 7.90. The Balaban J connectivity index is 1.71. The van der Waals surface area contributed by atoms with Gasteiger partial charge in [0, 0.05) is 31.3 Å². The lowest BCUT2D eigenvalue weighted by molar-refractivity contribution is -0.605. The molecular weight excluding hydrogens is 443 g/mol. The van der Waals surface area contributed by atoms with Crippen molar-refractivity contribution in [1.29, 1.82) is 0 Å². The summed E-state index contributed by atoms with van der Waals surface area (Å²) in [6.07, 6.45) is -2.89. The molecular formula is C22H24F3N3O5. The third-order valence-electron chi connectivity index (χ3n) is 5.07. The van der Waals surface area contributed by atoms with Gasteiger partial charge in [0.25, 0.3) is 5.91 Å². The monoisotopic (exact) mass is 467 g/mol. The number of ether oxygens (including phenoxy) is 2. The van der Waals surface area contributed by atoms with Crippen molar-refractivity contribution in [1.82, 2.24) is 9.80 Å². The molecule has 33 heavy (non-hydrogen) atoms. The normalized spacial score (nSPS) is 17.3. The van der Waals surface area contributed by atoms with Crippen LogP contribution in [0.4, 0.5) is 13.2 Å². The number of carbonyl (C=O) groups excluding carboxylic acids is 2. The van der Waals surface area contributed by atoms with Crippen molar-refractivity contribution in [3.05, 3.63) is 65.1 Å². The number of nitrogens with zero attached hydrogens (tertiary/aromatic N) is 3. The number of amides is 2. The van der Waals surface area contributed by atoms with Crippen LogP contribution in [0.3, 0.4) is 0 Å². The van der Waals surface area contributed by atoms with Crippen molar-refractivity contribution >= 4 is 11.8 Å². The molecule has 1 aliphatic heterocycles. The van der Waals surface area contributed by atoms with E-state index in [1.54, 1.807) is 4.90 Å². The molecule has 1 aromatic heterocycles. The molecule has 178 valence electrons. The molecule has 0 bridgehead atoms. The maximum Gasteiger partial charge on any atom is 0.573 e. The lowest BCUT2D eigenvalue weighted by Gasteiger charge is -2.27. The van der Waals surface area contributed by atoms with Gasteiger partial charge in [-0.2, -0.15) is 4.73 Å². The first kappa shape index (κ1) is 24.3. The molecule has 0 N–H and O–H groups in total. The molecule has 1 atom stereocenters. The number of hydrogen-bond acceptors (Lipinski definition) is 5. The summed E-state index contributed by atoms with van der Waals surface area (Å²) in [4.78, 5) is 28.7. The van der Waals surface area contributed by atoms with E-state index in [2.05, 4.69) is 4.74 Å². The third kappa shape index (κ3) is 6.82. The van der Waals surface area contributed by atoms with Crippen molar-refractivity contribution in [3.63, 3.8) is 0 Å². The van der Waals surface area contributed by atoms with Crippen LogP contribution in [0.2, 0.25) is 0 Å². The minimum absolute atomic E-state index is 0.0701. The molecule has 0 saturated carbocycles. The third-order valence-corrected chi connectivity index (χ3v) is 5.07. The van der Waals surface area contributed by atoms with Gasteiger partial charge in [0.05, 0.1) is 18.3 Å². The van der Waals surface area contributed by atoms with E-state index in [4.69, 9.17) is 4.74 Å². The minimum atomic E-state index is -4.77. The van der Waals surface area contributed by atoms with Crippen LogP contribution >= 0.6 is 0 Å². The molecule has 1 aromatic carbocycles. The van der Waals surface area contributed by atoms with Crippen LogP contribution in [-0.4, -0.2) is 59.8 Å². The van der Waals surface area contributed by atoms with Gasteiger partial charge >= 0.3 is 6.36 Å². The van der Waals surface area contributed by atoms with E-state index in [1.807, 2.05) is 13.8 Å². The van der Waals surface area contributed by atoms with Gasteiger partial charge in [0.1, 0.15) is 12.3 Å². The minimum Gasteiger partial charge on any atom is -0.619 e. The zero-order valence-corrected chi connectivity index (χ0v) is 18.1.